The van der Waals surface area contributed by atoms with E-state index in [-0.39, 0.29) is 36.5 Å². The summed E-state index contributed by atoms with van der Waals surface area (Å²) in [6.45, 7) is 1.90. The van der Waals surface area contributed by atoms with Crippen molar-refractivity contribution in [3.8, 4) is 11.6 Å². The van der Waals surface area contributed by atoms with Crippen LogP contribution in [0.3, 0.4) is 0 Å². The molecule has 0 saturated heterocycles. The summed E-state index contributed by atoms with van der Waals surface area (Å²) in [5.74, 6) is -1.74. The minimum Gasteiger partial charge on any atom is -0.436 e. The highest BCUT2D eigenvalue weighted by Crippen LogP contribution is 2.25. The number of rotatable bonds is 6. The number of ether oxygens (including phenoxy) is 1. The zero-order chi connectivity index (χ0) is 16.8. The number of aromatic nitrogens is 1. The molecule has 0 bridgehead atoms. The lowest BCUT2D eigenvalue weighted by atomic mass is 10.2. The number of hydrogen-bond acceptors (Lipinski definition) is 4. The van der Waals surface area contributed by atoms with Gasteiger partial charge in [0, 0.05) is 36.8 Å². The van der Waals surface area contributed by atoms with Gasteiger partial charge in [0.05, 0.1) is 0 Å². The lowest BCUT2D eigenvalue weighted by molar-refractivity contribution is -0.121. The standard InChI is InChI=1S/C16H17F2N3O2/c1-10(19)7-15(22)21-9-11-3-2-6-20-16(11)23-14-5-4-12(17)8-13(14)18/h2-6,8,10H,7,9,19H2,1H3,(H,21,22)/t10-/m1/s1. The number of halogens is 2. The molecule has 5 nitrogen and oxygen atoms in total. The van der Waals surface area contributed by atoms with Crippen LogP contribution in [0.25, 0.3) is 0 Å². The monoisotopic (exact) mass is 321 g/mol. The third-order valence-corrected chi connectivity index (χ3v) is 2.93. The fraction of sp³-hybridized carbons (Fsp3) is 0.250. The molecule has 0 fully saturated rings. The first-order chi connectivity index (χ1) is 11.0. The molecule has 0 saturated carbocycles. The Hall–Kier alpha value is -2.54. The number of hydrogen-bond donors (Lipinski definition) is 2. The lowest BCUT2D eigenvalue weighted by Gasteiger charge is -2.12. The van der Waals surface area contributed by atoms with E-state index in [2.05, 4.69) is 10.3 Å². The van der Waals surface area contributed by atoms with Crippen molar-refractivity contribution in [3.05, 3.63) is 53.7 Å². The highest BCUT2D eigenvalue weighted by atomic mass is 19.1. The number of amides is 1. The zero-order valence-corrected chi connectivity index (χ0v) is 12.6. The van der Waals surface area contributed by atoms with Crippen LogP contribution in [0.2, 0.25) is 0 Å². The molecule has 1 heterocycles. The fourth-order valence-electron chi connectivity index (χ4n) is 1.87. The summed E-state index contributed by atoms with van der Waals surface area (Å²) in [7, 11) is 0. The molecule has 122 valence electrons. The zero-order valence-electron chi connectivity index (χ0n) is 12.6. The predicted molar refractivity (Wildman–Crippen MR) is 80.8 cm³/mol. The first kappa shape index (κ1) is 16.8. The minimum atomic E-state index is -0.831. The van der Waals surface area contributed by atoms with Crippen LogP contribution in [-0.2, 0) is 11.3 Å². The van der Waals surface area contributed by atoms with Crippen LogP contribution in [0.15, 0.2) is 36.5 Å². The molecule has 1 aromatic heterocycles. The van der Waals surface area contributed by atoms with Crippen LogP contribution in [0.4, 0.5) is 8.78 Å². The van der Waals surface area contributed by atoms with E-state index in [0.29, 0.717) is 5.56 Å². The topological polar surface area (TPSA) is 77.2 Å². The van der Waals surface area contributed by atoms with E-state index in [0.717, 1.165) is 12.1 Å². The molecule has 0 aliphatic heterocycles. The summed E-state index contributed by atoms with van der Waals surface area (Å²) >= 11 is 0. The van der Waals surface area contributed by atoms with E-state index >= 15 is 0 Å². The summed E-state index contributed by atoms with van der Waals surface area (Å²) in [6.07, 6.45) is 1.67. The van der Waals surface area contributed by atoms with Gasteiger partial charge in [-0.1, -0.05) is 6.07 Å². The van der Waals surface area contributed by atoms with Crippen LogP contribution < -0.4 is 15.8 Å². The summed E-state index contributed by atoms with van der Waals surface area (Å²) in [4.78, 5) is 15.7. The highest BCUT2D eigenvalue weighted by molar-refractivity contribution is 5.76. The van der Waals surface area contributed by atoms with E-state index in [1.54, 1.807) is 19.1 Å². The van der Waals surface area contributed by atoms with Gasteiger partial charge in [-0.05, 0) is 25.1 Å². The van der Waals surface area contributed by atoms with Gasteiger partial charge in [-0.15, -0.1) is 0 Å². The van der Waals surface area contributed by atoms with E-state index in [1.807, 2.05) is 0 Å². The van der Waals surface area contributed by atoms with Crippen LogP contribution in [0.5, 0.6) is 11.6 Å². The van der Waals surface area contributed by atoms with Crippen molar-refractivity contribution in [1.82, 2.24) is 10.3 Å². The summed E-state index contributed by atoms with van der Waals surface area (Å²) in [5.41, 5.74) is 6.12. The second kappa shape index (κ2) is 7.64. The molecule has 7 heteroatoms. The van der Waals surface area contributed by atoms with Crippen molar-refractivity contribution in [2.75, 3.05) is 0 Å². The fourth-order valence-corrected chi connectivity index (χ4v) is 1.87. The van der Waals surface area contributed by atoms with Crippen molar-refractivity contribution in [2.45, 2.75) is 25.9 Å². The van der Waals surface area contributed by atoms with E-state index in [1.165, 1.54) is 12.3 Å². The Morgan fingerprint density at radius 2 is 2.17 bits per heavy atom. The number of carbonyl (C=O) groups excluding carboxylic acids is 1. The Labute approximate surface area is 132 Å². The number of nitrogens with zero attached hydrogens (tertiary/aromatic N) is 1. The average molecular weight is 321 g/mol. The van der Waals surface area contributed by atoms with Crippen LogP contribution >= 0.6 is 0 Å². The molecule has 2 aromatic rings. The first-order valence-electron chi connectivity index (χ1n) is 7.05. The normalized spacial score (nSPS) is 11.8. The molecule has 1 atom stereocenters. The van der Waals surface area contributed by atoms with E-state index in [9.17, 15) is 13.6 Å². The molecule has 0 aliphatic carbocycles. The molecule has 1 amide bonds. The third kappa shape index (κ3) is 5.00. The SMILES string of the molecule is C[C@@H](N)CC(=O)NCc1cccnc1Oc1ccc(F)cc1F. The van der Waals surface area contributed by atoms with Gasteiger partial charge in [-0.2, -0.15) is 0 Å². The Kier molecular flexibility index (Phi) is 5.59. The second-order valence-corrected chi connectivity index (χ2v) is 5.10. The summed E-state index contributed by atoms with van der Waals surface area (Å²) in [5, 5.41) is 2.69. The molecule has 1 aromatic carbocycles. The first-order valence-corrected chi connectivity index (χ1v) is 7.05. The number of carbonyl (C=O) groups is 1. The maximum atomic E-state index is 13.6. The number of pyridine rings is 1. The van der Waals surface area contributed by atoms with E-state index in [4.69, 9.17) is 10.5 Å². The Morgan fingerprint density at radius 3 is 2.87 bits per heavy atom. The summed E-state index contributed by atoms with van der Waals surface area (Å²) in [6, 6.07) is 6.11. The molecular formula is C16H17F2N3O2. The Morgan fingerprint density at radius 1 is 1.39 bits per heavy atom. The van der Waals surface area contributed by atoms with Crippen molar-refractivity contribution in [2.24, 2.45) is 5.73 Å². The average Bonchev–Trinajstić information content (AvgIpc) is 2.48. The van der Waals surface area contributed by atoms with Crippen molar-refractivity contribution in [1.29, 1.82) is 0 Å². The molecule has 0 radical (unpaired) electrons. The molecule has 3 N–H and O–H groups in total. The van der Waals surface area contributed by atoms with Gasteiger partial charge in [0.25, 0.3) is 0 Å². The molecule has 23 heavy (non-hydrogen) atoms. The number of nitrogens with one attached hydrogen (secondary N) is 1. The number of nitrogens with two attached hydrogens (primary N) is 1. The van der Waals surface area contributed by atoms with Crippen molar-refractivity contribution >= 4 is 5.91 Å². The number of benzene rings is 1. The van der Waals surface area contributed by atoms with Gasteiger partial charge in [0.2, 0.25) is 11.8 Å². The molecular weight excluding hydrogens is 304 g/mol. The van der Waals surface area contributed by atoms with Crippen LogP contribution in [0.1, 0.15) is 18.9 Å². The van der Waals surface area contributed by atoms with Gasteiger partial charge >= 0.3 is 0 Å². The van der Waals surface area contributed by atoms with Crippen LogP contribution in [0, 0.1) is 11.6 Å². The second-order valence-electron chi connectivity index (χ2n) is 5.10. The molecule has 0 spiro atoms. The van der Waals surface area contributed by atoms with Crippen LogP contribution in [-0.4, -0.2) is 16.9 Å². The highest BCUT2D eigenvalue weighted by Gasteiger charge is 2.12. The maximum Gasteiger partial charge on any atom is 0.224 e. The smallest absolute Gasteiger partial charge is 0.224 e. The molecule has 0 unspecified atom stereocenters. The van der Waals surface area contributed by atoms with E-state index < -0.39 is 11.6 Å². The Balaban J connectivity index is 2.09. The molecule has 2 rings (SSSR count). The van der Waals surface area contributed by atoms with Gasteiger partial charge < -0.3 is 15.8 Å². The third-order valence-electron chi connectivity index (χ3n) is 2.93. The Bertz CT molecular complexity index is 693. The van der Waals surface area contributed by atoms with Gasteiger partial charge in [0.1, 0.15) is 5.82 Å². The lowest BCUT2D eigenvalue weighted by Crippen LogP contribution is -2.29. The largest absolute Gasteiger partial charge is 0.436 e. The van der Waals surface area contributed by atoms with Gasteiger partial charge in [-0.3, -0.25) is 4.79 Å². The summed E-state index contributed by atoms with van der Waals surface area (Å²) < 4.78 is 31.9. The quantitative estimate of drug-likeness (QED) is 0.857. The van der Waals surface area contributed by atoms with Crippen molar-refractivity contribution < 1.29 is 18.3 Å². The van der Waals surface area contributed by atoms with Gasteiger partial charge in [0.15, 0.2) is 11.6 Å². The molecule has 0 aliphatic rings. The maximum absolute atomic E-state index is 13.6. The minimum absolute atomic E-state index is 0.138. The predicted octanol–water partition coefficient (Wildman–Crippen LogP) is 2.51. The van der Waals surface area contributed by atoms with Gasteiger partial charge in [-0.25, -0.2) is 13.8 Å². The van der Waals surface area contributed by atoms with Crippen molar-refractivity contribution in [3.63, 3.8) is 0 Å².